The second-order valence-electron chi connectivity index (χ2n) is 5.31. The zero-order chi connectivity index (χ0) is 12.5. The summed E-state index contributed by atoms with van der Waals surface area (Å²) in [5.74, 6) is 0.713. The van der Waals surface area contributed by atoms with Crippen molar-refractivity contribution in [1.82, 2.24) is 4.98 Å². The van der Waals surface area contributed by atoms with Crippen LogP contribution in [0.15, 0.2) is 24.4 Å². The molecule has 2 nitrogen and oxygen atoms in total. The Balaban J connectivity index is 1.93. The van der Waals surface area contributed by atoms with Crippen LogP contribution >= 0.6 is 0 Å². The lowest BCUT2D eigenvalue weighted by molar-refractivity contribution is -0.120. The summed E-state index contributed by atoms with van der Waals surface area (Å²) in [7, 11) is 0. The number of aromatic amines is 1. The minimum atomic E-state index is 0.259. The van der Waals surface area contributed by atoms with Crippen LogP contribution in [0.25, 0.3) is 10.9 Å². The number of fused-ring (bicyclic) bond motifs is 1. The molecule has 1 aliphatic rings. The highest BCUT2D eigenvalue weighted by atomic mass is 16.1. The quantitative estimate of drug-likeness (QED) is 0.874. The molecule has 1 aromatic carbocycles. The fourth-order valence-corrected chi connectivity index (χ4v) is 2.98. The number of carbonyl (C=O) groups is 1. The van der Waals surface area contributed by atoms with Gasteiger partial charge in [-0.25, -0.2) is 0 Å². The normalized spacial score (nSPS) is 19.8. The third kappa shape index (κ3) is 1.96. The minimum Gasteiger partial charge on any atom is -0.361 e. The Morgan fingerprint density at radius 1 is 1.39 bits per heavy atom. The van der Waals surface area contributed by atoms with Crippen LogP contribution in [-0.4, -0.2) is 10.8 Å². The molecule has 0 saturated heterocycles. The van der Waals surface area contributed by atoms with Gasteiger partial charge in [-0.05, 0) is 48.9 Å². The van der Waals surface area contributed by atoms with Crippen LogP contribution in [0.2, 0.25) is 0 Å². The van der Waals surface area contributed by atoms with E-state index in [2.05, 4.69) is 36.3 Å². The van der Waals surface area contributed by atoms with Gasteiger partial charge in [0.05, 0.1) is 0 Å². The fourth-order valence-electron chi connectivity index (χ4n) is 2.98. The number of aryl methyl sites for hydroxylation is 1. The van der Waals surface area contributed by atoms with Gasteiger partial charge in [0.1, 0.15) is 5.78 Å². The summed E-state index contributed by atoms with van der Waals surface area (Å²) in [6.07, 6.45) is 6.98. The number of nitrogens with one attached hydrogen (secondary N) is 1. The van der Waals surface area contributed by atoms with Gasteiger partial charge in [0.15, 0.2) is 0 Å². The molecule has 0 amide bonds. The summed E-state index contributed by atoms with van der Waals surface area (Å²) < 4.78 is 0. The molecule has 1 saturated carbocycles. The van der Waals surface area contributed by atoms with Gasteiger partial charge in [-0.15, -0.1) is 0 Å². The SMILES string of the molecule is CCc1ccc2[nH]cc(CC3CCCC3=O)c2c1. The van der Waals surface area contributed by atoms with E-state index >= 15 is 0 Å². The molecule has 18 heavy (non-hydrogen) atoms. The third-order valence-corrected chi connectivity index (χ3v) is 4.14. The average Bonchev–Trinajstić information content (AvgIpc) is 2.97. The van der Waals surface area contributed by atoms with E-state index in [0.29, 0.717) is 5.78 Å². The van der Waals surface area contributed by atoms with Crippen molar-refractivity contribution >= 4 is 16.7 Å². The van der Waals surface area contributed by atoms with Crippen LogP contribution in [0.4, 0.5) is 0 Å². The molecule has 94 valence electrons. The number of aromatic nitrogens is 1. The summed E-state index contributed by atoms with van der Waals surface area (Å²) in [6, 6.07) is 6.58. The van der Waals surface area contributed by atoms with E-state index in [-0.39, 0.29) is 5.92 Å². The van der Waals surface area contributed by atoms with E-state index < -0.39 is 0 Å². The Bertz CT molecular complexity index is 582. The van der Waals surface area contributed by atoms with Crippen LogP contribution in [0.1, 0.15) is 37.3 Å². The van der Waals surface area contributed by atoms with Crippen molar-refractivity contribution in [2.75, 3.05) is 0 Å². The number of hydrogen-bond donors (Lipinski definition) is 1. The van der Waals surface area contributed by atoms with Gasteiger partial charge >= 0.3 is 0 Å². The lowest BCUT2D eigenvalue weighted by atomic mass is 9.96. The molecule has 1 fully saturated rings. The summed E-state index contributed by atoms with van der Waals surface area (Å²) in [5, 5.41) is 1.30. The Kier molecular flexibility index (Phi) is 2.94. The highest BCUT2D eigenvalue weighted by Crippen LogP contribution is 2.28. The number of rotatable bonds is 3. The van der Waals surface area contributed by atoms with E-state index in [0.717, 1.165) is 32.1 Å². The molecular formula is C16H19NO. The molecule has 2 heteroatoms. The predicted octanol–water partition coefficient (Wildman–Crippen LogP) is 3.64. The summed E-state index contributed by atoms with van der Waals surface area (Å²) in [4.78, 5) is 15.1. The summed E-state index contributed by atoms with van der Waals surface area (Å²) in [5.41, 5.74) is 3.86. The number of benzene rings is 1. The number of ketones is 1. The molecule has 1 atom stereocenters. The van der Waals surface area contributed by atoms with Crippen molar-refractivity contribution in [3.05, 3.63) is 35.5 Å². The van der Waals surface area contributed by atoms with Crippen molar-refractivity contribution in [3.63, 3.8) is 0 Å². The molecule has 0 aliphatic heterocycles. The average molecular weight is 241 g/mol. The van der Waals surface area contributed by atoms with Gasteiger partial charge in [0.2, 0.25) is 0 Å². The standard InChI is InChI=1S/C16H19NO/c1-2-11-6-7-15-14(8-11)13(10-17-15)9-12-4-3-5-16(12)18/h6-8,10,12,17H,2-5,9H2,1H3. The zero-order valence-electron chi connectivity index (χ0n) is 10.8. The molecule has 3 rings (SSSR count). The van der Waals surface area contributed by atoms with E-state index in [1.54, 1.807) is 0 Å². The van der Waals surface area contributed by atoms with E-state index in [1.165, 1.54) is 22.0 Å². The first kappa shape index (κ1) is 11.5. The smallest absolute Gasteiger partial charge is 0.136 e. The van der Waals surface area contributed by atoms with Crippen LogP contribution in [0, 0.1) is 5.92 Å². The Hall–Kier alpha value is -1.57. The molecule has 0 bridgehead atoms. The molecule has 0 spiro atoms. The van der Waals surface area contributed by atoms with Gasteiger partial charge in [0.25, 0.3) is 0 Å². The summed E-state index contributed by atoms with van der Waals surface area (Å²) in [6.45, 7) is 2.17. The number of hydrogen-bond acceptors (Lipinski definition) is 1. The lowest BCUT2D eigenvalue weighted by Crippen LogP contribution is -2.09. The first-order valence-corrected chi connectivity index (χ1v) is 6.89. The van der Waals surface area contributed by atoms with E-state index in [1.807, 2.05) is 0 Å². The monoisotopic (exact) mass is 241 g/mol. The van der Waals surface area contributed by atoms with Gasteiger partial charge in [0, 0.05) is 29.4 Å². The Labute approximate surface area is 107 Å². The Morgan fingerprint density at radius 2 is 2.28 bits per heavy atom. The zero-order valence-corrected chi connectivity index (χ0v) is 10.8. The van der Waals surface area contributed by atoms with Crippen LogP contribution in [0.5, 0.6) is 0 Å². The largest absolute Gasteiger partial charge is 0.361 e. The van der Waals surface area contributed by atoms with Gasteiger partial charge in [-0.1, -0.05) is 13.0 Å². The molecule has 0 radical (unpaired) electrons. The molecule has 1 heterocycles. The van der Waals surface area contributed by atoms with Gasteiger partial charge < -0.3 is 4.98 Å². The van der Waals surface area contributed by atoms with Crippen LogP contribution < -0.4 is 0 Å². The second-order valence-corrected chi connectivity index (χ2v) is 5.31. The number of H-pyrrole nitrogens is 1. The van der Waals surface area contributed by atoms with E-state index in [9.17, 15) is 4.79 Å². The van der Waals surface area contributed by atoms with Crippen molar-refractivity contribution in [1.29, 1.82) is 0 Å². The minimum absolute atomic E-state index is 0.259. The van der Waals surface area contributed by atoms with Gasteiger partial charge in [-0.3, -0.25) is 4.79 Å². The predicted molar refractivity (Wildman–Crippen MR) is 73.7 cm³/mol. The highest BCUT2D eigenvalue weighted by molar-refractivity contribution is 5.86. The second kappa shape index (κ2) is 4.60. The topological polar surface area (TPSA) is 32.9 Å². The van der Waals surface area contributed by atoms with Crippen LogP contribution in [0.3, 0.4) is 0 Å². The van der Waals surface area contributed by atoms with Crippen molar-refractivity contribution < 1.29 is 4.79 Å². The van der Waals surface area contributed by atoms with E-state index in [4.69, 9.17) is 0 Å². The third-order valence-electron chi connectivity index (χ3n) is 4.14. The van der Waals surface area contributed by atoms with Crippen LogP contribution in [-0.2, 0) is 17.6 Å². The molecule has 1 aromatic heterocycles. The van der Waals surface area contributed by atoms with Gasteiger partial charge in [-0.2, -0.15) is 0 Å². The fraction of sp³-hybridized carbons (Fsp3) is 0.438. The number of Topliss-reactive ketones (excluding diaryl/α,β-unsaturated/α-hetero) is 1. The first-order valence-electron chi connectivity index (χ1n) is 6.89. The van der Waals surface area contributed by atoms with Crippen molar-refractivity contribution in [2.24, 2.45) is 5.92 Å². The Morgan fingerprint density at radius 3 is 3.00 bits per heavy atom. The molecule has 1 N–H and O–H groups in total. The molecular weight excluding hydrogens is 222 g/mol. The summed E-state index contributed by atoms with van der Waals surface area (Å²) >= 11 is 0. The molecule has 1 aliphatic carbocycles. The first-order chi connectivity index (χ1) is 8.78. The van der Waals surface area contributed by atoms with Crippen molar-refractivity contribution in [2.45, 2.75) is 39.0 Å². The maximum atomic E-state index is 11.7. The maximum absolute atomic E-state index is 11.7. The maximum Gasteiger partial charge on any atom is 0.136 e. The number of carbonyl (C=O) groups excluding carboxylic acids is 1. The molecule has 1 unspecified atom stereocenters. The molecule has 2 aromatic rings. The van der Waals surface area contributed by atoms with Crippen molar-refractivity contribution in [3.8, 4) is 0 Å². The lowest BCUT2D eigenvalue weighted by Gasteiger charge is -2.07. The highest BCUT2D eigenvalue weighted by Gasteiger charge is 2.25.